The highest BCUT2D eigenvalue weighted by atomic mass is 14.3. The molecule has 0 unspecified atom stereocenters. The molecule has 0 heterocycles. The summed E-state index contributed by atoms with van der Waals surface area (Å²) in [4.78, 5) is 0. The molecular weight excluding hydrogens is 865 g/mol. The maximum absolute atomic E-state index is 2.46. The number of rotatable bonds is 8. The summed E-state index contributed by atoms with van der Waals surface area (Å²) in [5.74, 6) is 0. The molecule has 0 atom stereocenters. The molecule has 0 spiro atoms. The topological polar surface area (TPSA) is 0 Å². The van der Waals surface area contributed by atoms with Crippen LogP contribution in [0.1, 0.15) is 0 Å². The van der Waals surface area contributed by atoms with Gasteiger partial charge in [0.25, 0.3) is 0 Å². The first-order chi connectivity index (χ1) is 35.7. The fourth-order valence-electron chi connectivity index (χ4n) is 11.5. The molecule has 0 aliphatic carbocycles. The first-order valence-electron chi connectivity index (χ1n) is 25.0. The monoisotopic (exact) mass is 910 g/mol. The van der Waals surface area contributed by atoms with Crippen LogP contribution < -0.4 is 0 Å². The lowest BCUT2D eigenvalue weighted by Gasteiger charge is -2.23. The number of hydrogen-bond donors (Lipinski definition) is 0. The van der Waals surface area contributed by atoms with Crippen LogP contribution in [0.15, 0.2) is 279 Å². The molecule has 0 amide bonds. The summed E-state index contributed by atoms with van der Waals surface area (Å²) in [6, 6.07) is 103. The third kappa shape index (κ3) is 7.07. The summed E-state index contributed by atoms with van der Waals surface area (Å²) in [6.45, 7) is 0. The molecular formula is C72H46. The zero-order chi connectivity index (χ0) is 47.5. The normalized spacial score (nSPS) is 11.6. The van der Waals surface area contributed by atoms with E-state index in [-0.39, 0.29) is 0 Å². The lowest BCUT2D eigenvalue weighted by molar-refractivity contribution is 1.58. The second kappa shape index (κ2) is 17.2. The maximum atomic E-state index is 2.46. The van der Waals surface area contributed by atoms with Crippen LogP contribution in [0.4, 0.5) is 0 Å². The van der Waals surface area contributed by atoms with Crippen molar-refractivity contribution in [2.24, 2.45) is 0 Å². The van der Waals surface area contributed by atoms with E-state index in [1.807, 2.05) is 0 Å². The molecule has 14 rings (SSSR count). The Morgan fingerprint density at radius 1 is 0.139 bits per heavy atom. The van der Waals surface area contributed by atoms with Crippen molar-refractivity contribution in [3.63, 3.8) is 0 Å². The van der Waals surface area contributed by atoms with Crippen LogP contribution in [-0.2, 0) is 0 Å². The second-order valence-corrected chi connectivity index (χ2v) is 19.1. The smallest absolute Gasteiger partial charge is 0.00139 e. The molecule has 0 saturated heterocycles. The van der Waals surface area contributed by atoms with E-state index in [1.165, 1.54) is 143 Å². The Labute approximate surface area is 419 Å². The van der Waals surface area contributed by atoms with E-state index in [1.54, 1.807) is 0 Å². The lowest BCUT2D eigenvalue weighted by Crippen LogP contribution is -1.96. The minimum absolute atomic E-state index is 1.19. The average Bonchev–Trinajstić information content (AvgIpc) is 3.46. The zero-order valence-corrected chi connectivity index (χ0v) is 39.6. The maximum Gasteiger partial charge on any atom is -0.00139 e. The van der Waals surface area contributed by atoms with Crippen molar-refractivity contribution in [1.29, 1.82) is 0 Å². The Bertz CT molecular complexity index is 4050. The van der Waals surface area contributed by atoms with Crippen LogP contribution in [0.3, 0.4) is 0 Å². The van der Waals surface area contributed by atoms with Crippen LogP contribution in [0, 0.1) is 0 Å². The Morgan fingerprint density at radius 2 is 0.431 bits per heavy atom. The number of benzene rings is 14. The third-order valence-electron chi connectivity index (χ3n) is 15.1. The van der Waals surface area contributed by atoms with Crippen LogP contribution >= 0.6 is 0 Å². The molecule has 0 aliphatic rings. The first kappa shape index (κ1) is 41.6. The van der Waals surface area contributed by atoms with Crippen LogP contribution in [0.5, 0.6) is 0 Å². The van der Waals surface area contributed by atoms with E-state index in [0.717, 1.165) is 0 Å². The third-order valence-corrected chi connectivity index (χ3v) is 15.1. The van der Waals surface area contributed by atoms with Gasteiger partial charge in [-0.05, 0) is 167 Å². The van der Waals surface area contributed by atoms with E-state index in [9.17, 15) is 0 Å². The number of hydrogen-bond acceptors (Lipinski definition) is 0. The van der Waals surface area contributed by atoms with Crippen LogP contribution in [0.25, 0.3) is 143 Å². The average molecular weight is 911 g/mol. The van der Waals surface area contributed by atoms with Gasteiger partial charge in [0.15, 0.2) is 0 Å². The zero-order valence-electron chi connectivity index (χ0n) is 39.6. The van der Waals surface area contributed by atoms with Crippen LogP contribution in [-0.4, -0.2) is 0 Å². The van der Waals surface area contributed by atoms with Crippen molar-refractivity contribution in [2.45, 2.75) is 0 Å². The minimum atomic E-state index is 1.19. The van der Waals surface area contributed by atoms with Gasteiger partial charge in [0.05, 0.1) is 0 Å². The highest BCUT2D eigenvalue weighted by Gasteiger charge is 2.23. The molecule has 14 aromatic rings. The van der Waals surface area contributed by atoms with Crippen molar-refractivity contribution in [3.05, 3.63) is 279 Å². The van der Waals surface area contributed by atoms with E-state index < -0.39 is 0 Å². The summed E-state index contributed by atoms with van der Waals surface area (Å²) in [6.07, 6.45) is 0. The first-order valence-corrected chi connectivity index (χ1v) is 25.0. The van der Waals surface area contributed by atoms with Crippen molar-refractivity contribution < 1.29 is 0 Å². The molecule has 72 heavy (non-hydrogen) atoms. The summed E-state index contributed by atoms with van der Waals surface area (Å²) < 4.78 is 0. The van der Waals surface area contributed by atoms with Gasteiger partial charge in [0.2, 0.25) is 0 Å². The van der Waals surface area contributed by atoms with Crippen molar-refractivity contribution in [2.75, 3.05) is 0 Å². The second-order valence-electron chi connectivity index (χ2n) is 19.1. The van der Waals surface area contributed by atoms with E-state index in [2.05, 4.69) is 279 Å². The molecule has 0 aromatic heterocycles. The Kier molecular flexibility index (Phi) is 9.96. The molecule has 0 fully saturated rings. The molecule has 0 bridgehead atoms. The van der Waals surface area contributed by atoms with Crippen molar-refractivity contribution in [3.8, 4) is 89.0 Å². The molecule has 334 valence electrons. The Hall–Kier alpha value is -9.36. The largest absolute Gasteiger partial charge is 0.0622 e. The van der Waals surface area contributed by atoms with Gasteiger partial charge in [-0.1, -0.05) is 255 Å². The minimum Gasteiger partial charge on any atom is -0.0622 e. The van der Waals surface area contributed by atoms with E-state index in [4.69, 9.17) is 0 Å². The molecule has 0 N–H and O–H groups in total. The van der Waals surface area contributed by atoms with Gasteiger partial charge in [-0.3, -0.25) is 0 Å². The molecule has 0 aliphatic heterocycles. The molecule has 0 heteroatoms. The summed E-state index contributed by atoms with van der Waals surface area (Å²) in [7, 11) is 0. The van der Waals surface area contributed by atoms with Crippen molar-refractivity contribution in [1.82, 2.24) is 0 Å². The predicted molar refractivity (Wildman–Crippen MR) is 309 cm³/mol. The summed E-state index contributed by atoms with van der Waals surface area (Å²) in [5, 5.41) is 12.5. The van der Waals surface area contributed by atoms with Gasteiger partial charge in [0, 0.05) is 0 Å². The van der Waals surface area contributed by atoms with Crippen molar-refractivity contribution >= 4 is 53.9 Å². The molecule has 14 aromatic carbocycles. The predicted octanol–water partition coefficient (Wildman–Crippen LogP) is 20.2. The summed E-state index contributed by atoms with van der Waals surface area (Å²) in [5.41, 5.74) is 19.4. The van der Waals surface area contributed by atoms with Gasteiger partial charge < -0.3 is 0 Å². The van der Waals surface area contributed by atoms with Gasteiger partial charge in [0.1, 0.15) is 0 Å². The molecule has 0 radical (unpaired) electrons. The van der Waals surface area contributed by atoms with Gasteiger partial charge in [-0.25, -0.2) is 0 Å². The molecule has 0 saturated carbocycles. The van der Waals surface area contributed by atoms with Gasteiger partial charge in [-0.2, -0.15) is 0 Å². The number of fused-ring (bicyclic) bond motifs is 2. The van der Waals surface area contributed by atoms with E-state index >= 15 is 0 Å². The lowest BCUT2D eigenvalue weighted by atomic mass is 9.80. The molecule has 0 nitrogen and oxygen atoms in total. The highest BCUT2D eigenvalue weighted by Crippen LogP contribution is 2.51. The highest BCUT2D eigenvalue weighted by molar-refractivity contribution is 6.32. The summed E-state index contributed by atoms with van der Waals surface area (Å²) >= 11 is 0. The van der Waals surface area contributed by atoms with Gasteiger partial charge in [-0.15, -0.1) is 0 Å². The fraction of sp³-hybridized carbons (Fsp3) is 0. The Balaban J connectivity index is 1.04. The fourth-order valence-corrected chi connectivity index (χ4v) is 11.5. The Morgan fingerprint density at radius 3 is 0.833 bits per heavy atom. The van der Waals surface area contributed by atoms with Crippen LogP contribution in [0.2, 0.25) is 0 Å². The van der Waals surface area contributed by atoms with E-state index in [0.29, 0.717) is 0 Å². The standard InChI is InChI=1S/C72H46/c1-3-17-51(18-4-1)59-23-11-13-25-61(59)69-45-67(53-33-27-49(28-34-53)57-37-31-47-15-7-9-21-55(47)43-57)63-40-42-66-70(62-26-14-12-24-60(62)52-19-5-2-6-20-52)46-68(64-39-41-65(69)71(63)72(64)66)54-35-29-50(30-36-54)58-38-32-48-16-8-10-22-56(48)44-58/h1-46H. The SMILES string of the molecule is c1ccc(-c2ccccc2-c2cc(-c3ccc(-c4ccc5ccccc5c4)cc3)c3ccc4c(-c5ccccc5-c5ccccc5)cc(-c5ccc(-c6ccc7ccccc7c6)cc5)c5ccc2c3c54)cc1. The van der Waals surface area contributed by atoms with Gasteiger partial charge >= 0.3 is 0 Å². The quantitative estimate of drug-likeness (QED) is 0.133.